The van der Waals surface area contributed by atoms with Gasteiger partial charge in [-0.1, -0.05) is 82.1 Å². The highest BCUT2D eigenvalue weighted by molar-refractivity contribution is 9.10. The number of benzene rings is 4. The molecule has 0 aliphatic heterocycles. The van der Waals surface area contributed by atoms with E-state index in [0.29, 0.717) is 27.7 Å². The molecule has 0 atom stereocenters. The van der Waals surface area contributed by atoms with Crippen LogP contribution in [0.5, 0.6) is 5.75 Å². The van der Waals surface area contributed by atoms with Crippen molar-refractivity contribution in [2.75, 3.05) is 7.11 Å². The second-order valence-electron chi connectivity index (χ2n) is 8.86. The molecule has 188 valence electrons. The summed E-state index contributed by atoms with van der Waals surface area (Å²) in [5.41, 5.74) is 6.50. The third-order valence-corrected chi connectivity index (χ3v) is 7.30. The van der Waals surface area contributed by atoms with Crippen molar-refractivity contribution in [3.05, 3.63) is 118 Å². The molecule has 4 aromatic carbocycles. The molecule has 0 amide bonds. The number of pyridine rings is 1. The zero-order chi connectivity index (χ0) is 26.9. The topological polar surface area (TPSA) is 63.7 Å². The molecular weight excluding hydrogens is 572 g/mol. The van der Waals surface area contributed by atoms with Gasteiger partial charge in [-0.3, -0.25) is 0 Å². The SMILES string of the molecule is COc1cccc(-c2c(C#N)c(-c3ccc(Cl)cc3)nc3c2c(-c2ccc(Br)cc2)nn3-c2ccccc2)c1. The third-order valence-electron chi connectivity index (χ3n) is 6.52. The number of halogens is 2. The molecule has 0 saturated heterocycles. The quantitative estimate of drug-likeness (QED) is 0.201. The smallest absolute Gasteiger partial charge is 0.164 e. The van der Waals surface area contributed by atoms with Crippen molar-refractivity contribution in [3.8, 4) is 51.1 Å². The van der Waals surface area contributed by atoms with Gasteiger partial charge < -0.3 is 4.74 Å². The van der Waals surface area contributed by atoms with Gasteiger partial charge in [0.1, 0.15) is 17.5 Å². The van der Waals surface area contributed by atoms with Gasteiger partial charge in [0.15, 0.2) is 5.65 Å². The molecule has 0 bridgehead atoms. The predicted octanol–water partition coefficient (Wildman–Crippen LogP) is 8.72. The highest BCUT2D eigenvalue weighted by Crippen LogP contribution is 2.42. The Kier molecular flexibility index (Phi) is 6.62. The average molecular weight is 592 g/mol. The highest BCUT2D eigenvalue weighted by atomic mass is 79.9. The van der Waals surface area contributed by atoms with Crippen molar-refractivity contribution in [2.45, 2.75) is 0 Å². The first kappa shape index (κ1) is 24.9. The van der Waals surface area contributed by atoms with E-state index in [2.05, 4.69) is 22.0 Å². The Balaban J connectivity index is 1.81. The summed E-state index contributed by atoms with van der Waals surface area (Å²) in [5, 5.41) is 17.1. The fourth-order valence-corrected chi connectivity index (χ4v) is 5.09. The number of hydrogen-bond acceptors (Lipinski definition) is 4. The minimum absolute atomic E-state index is 0.448. The summed E-state index contributed by atoms with van der Waals surface area (Å²) in [4.78, 5) is 5.11. The number of aromatic nitrogens is 3. The number of para-hydroxylation sites is 1. The van der Waals surface area contributed by atoms with Gasteiger partial charge in [0.05, 0.1) is 29.4 Å². The van der Waals surface area contributed by atoms with Crippen LogP contribution in [-0.4, -0.2) is 21.9 Å². The number of methoxy groups -OCH3 is 1. The lowest BCUT2D eigenvalue weighted by atomic mass is 9.92. The van der Waals surface area contributed by atoms with Crippen LogP contribution in [0.25, 0.3) is 50.4 Å². The van der Waals surface area contributed by atoms with Gasteiger partial charge in [-0.2, -0.15) is 10.4 Å². The maximum atomic E-state index is 10.6. The molecule has 0 spiro atoms. The van der Waals surface area contributed by atoms with Crippen molar-refractivity contribution in [1.82, 2.24) is 14.8 Å². The standard InChI is InChI=1S/C32H20BrClN4O/c1-39-26-9-5-6-22(18-26)28-27(19-35)30(20-12-16-24(34)17-13-20)36-32-29(28)31(21-10-14-23(33)15-11-21)37-38(32)25-7-3-2-4-8-25/h2-18H,1H3. The van der Waals surface area contributed by atoms with Crippen LogP contribution in [0.3, 0.4) is 0 Å². The first-order chi connectivity index (χ1) is 19.1. The summed E-state index contributed by atoms with van der Waals surface area (Å²) in [5.74, 6) is 0.690. The zero-order valence-corrected chi connectivity index (χ0v) is 23.1. The Labute approximate surface area is 239 Å². The van der Waals surface area contributed by atoms with Crippen LogP contribution in [-0.2, 0) is 0 Å². The maximum absolute atomic E-state index is 10.6. The predicted molar refractivity (Wildman–Crippen MR) is 159 cm³/mol. The lowest BCUT2D eigenvalue weighted by Crippen LogP contribution is -2.01. The molecule has 0 radical (unpaired) electrons. The number of rotatable bonds is 5. The molecule has 0 unspecified atom stereocenters. The Bertz CT molecular complexity index is 1860. The minimum atomic E-state index is 0.448. The fourth-order valence-electron chi connectivity index (χ4n) is 4.70. The summed E-state index contributed by atoms with van der Waals surface area (Å²) in [6.45, 7) is 0. The molecule has 5 nitrogen and oxygen atoms in total. The van der Waals surface area contributed by atoms with E-state index in [-0.39, 0.29) is 0 Å². The van der Waals surface area contributed by atoms with Crippen LogP contribution in [0, 0.1) is 11.3 Å². The molecule has 6 rings (SSSR count). The van der Waals surface area contributed by atoms with E-state index in [0.717, 1.165) is 43.5 Å². The number of hydrogen-bond donors (Lipinski definition) is 0. The van der Waals surface area contributed by atoms with Crippen LogP contribution in [0.15, 0.2) is 108 Å². The van der Waals surface area contributed by atoms with Crippen molar-refractivity contribution in [1.29, 1.82) is 5.26 Å². The molecule has 2 aromatic heterocycles. The second-order valence-corrected chi connectivity index (χ2v) is 10.2. The van der Waals surface area contributed by atoms with E-state index in [1.165, 1.54) is 0 Å². The largest absolute Gasteiger partial charge is 0.497 e. The normalized spacial score (nSPS) is 10.9. The van der Waals surface area contributed by atoms with Gasteiger partial charge in [0, 0.05) is 26.2 Å². The molecule has 0 fully saturated rings. The maximum Gasteiger partial charge on any atom is 0.164 e. The lowest BCUT2D eigenvalue weighted by Gasteiger charge is -2.14. The molecule has 0 N–H and O–H groups in total. The molecule has 39 heavy (non-hydrogen) atoms. The number of nitriles is 1. The average Bonchev–Trinajstić information content (AvgIpc) is 3.36. The van der Waals surface area contributed by atoms with Crippen LogP contribution in [0.2, 0.25) is 5.02 Å². The first-order valence-electron chi connectivity index (χ1n) is 12.2. The molecule has 0 aliphatic carbocycles. The summed E-state index contributed by atoms with van der Waals surface area (Å²) >= 11 is 9.73. The molecule has 7 heteroatoms. The molecule has 0 saturated carbocycles. The van der Waals surface area contributed by atoms with Gasteiger partial charge in [-0.05, 0) is 54.1 Å². The summed E-state index contributed by atoms with van der Waals surface area (Å²) in [7, 11) is 1.63. The third kappa shape index (κ3) is 4.57. The zero-order valence-electron chi connectivity index (χ0n) is 20.8. The van der Waals surface area contributed by atoms with Gasteiger partial charge in [-0.15, -0.1) is 0 Å². The highest BCUT2D eigenvalue weighted by Gasteiger charge is 2.26. The van der Waals surface area contributed by atoms with Crippen molar-refractivity contribution in [3.63, 3.8) is 0 Å². The molecule has 0 aliphatic rings. The lowest BCUT2D eigenvalue weighted by molar-refractivity contribution is 0.415. The Morgan fingerprint density at radius 2 is 1.51 bits per heavy atom. The van der Waals surface area contributed by atoms with E-state index in [1.54, 1.807) is 19.2 Å². The molecule has 6 aromatic rings. The van der Waals surface area contributed by atoms with Gasteiger partial charge in [0.2, 0.25) is 0 Å². The molecular formula is C32H20BrClN4O. The van der Waals surface area contributed by atoms with Crippen molar-refractivity contribution >= 4 is 38.6 Å². The van der Waals surface area contributed by atoms with E-state index in [9.17, 15) is 5.26 Å². The minimum Gasteiger partial charge on any atom is -0.497 e. The van der Waals surface area contributed by atoms with E-state index in [4.69, 9.17) is 26.4 Å². The van der Waals surface area contributed by atoms with Crippen LogP contribution < -0.4 is 4.74 Å². The van der Waals surface area contributed by atoms with E-state index >= 15 is 0 Å². The number of nitrogens with zero attached hydrogens (tertiary/aromatic N) is 4. The van der Waals surface area contributed by atoms with Gasteiger partial charge in [0.25, 0.3) is 0 Å². The van der Waals surface area contributed by atoms with E-state index in [1.807, 2.05) is 95.7 Å². The summed E-state index contributed by atoms with van der Waals surface area (Å²) in [6, 6.07) is 35.4. The van der Waals surface area contributed by atoms with Crippen LogP contribution in [0.1, 0.15) is 5.56 Å². The first-order valence-corrected chi connectivity index (χ1v) is 13.3. The molecule has 2 heterocycles. The van der Waals surface area contributed by atoms with Gasteiger partial charge >= 0.3 is 0 Å². The Morgan fingerprint density at radius 1 is 0.821 bits per heavy atom. The summed E-state index contributed by atoms with van der Waals surface area (Å²) in [6.07, 6.45) is 0. The van der Waals surface area contributed by atoms with Crippen molar-refractivity contribution in [2.24, 2.45) is 0 Å². The fraction of sp³-hybridized carbons (Fsp3) is 0.0312. The van der Waals surface area contributed by atoms with E-state index < -0.39 is 0 Å². The van der Waals surface area contributed by atoms with Gasteiger partial charge in [-0.25, -0.2) is 9.67 Å². The van der Waals surface area contributed by atoms with Crippen molar-refractivity contribution < 1.29 is 4.74 Å². The summed E-state index contributed by atoms with van der Waals surface area (Å²) < 4.78 is 8.36. The Hall–Kier alpha value is -4.44. The number of ether oxygens (including phenoxy) is 1. The van der Waals surface area contributed by atoms with Crippen LogP contribution >= 0.6 is 27.5 Å². The number of fused-ring (bicyclic) bond motifs is 1. The second kappa shape index (κ2) is 10.4. The van der Waals surface area contributed by atoms with Crippen LogP contribution in [0.4, 0.5) is 0 Å². The monoisotopic (exact) mass is 590 g/mol. The Morgan fingerprint density at radius 3 is 2.21 bits per heavy atom.